The number of nitrogens with zero attached hydrogens (tertiary/aromatic N) is 1. The van der Waals surface area contributed by atoms with Crippen LogP contribution in [0.2, 0.25) is 0 Å². The van der Waals surface area contributed by atoms with Crippen LogP contribution in [0, 0.1) is 6.07 Å². The van der Waals surface area contributed by atoms with Crippen LogP contribution in [0.5, 0.6) is 0 Å². The van der Waals surface area contributed by atoms with Crippen LogP contribution in [0.3, 0.4) is 0 Å². The molecule has 2 rings (SSSR count). The van der Waals surface area contributed by atoms with Crippen molar-refractivity contribution in [3.05, 3.63) is 35.9 Å². The van der Waals surface area contributed by atoms with Gasteiger partial charge < -0.3 is 17.1 Å². The van der Waals surface area contributed by atoms with Gasteiger partial charge in [-0.05, 0) is 12.1 Å². The normalized spacial score (nSPS) is 13.4. The molecule has 13 heavy (non-hydrogen) atoms. The van der Waals surface area contributed by atoms with E-state index in [1.54, 1.807) is 0 Å². The molecule has 0 atom stereocenters. The number of hydrogen-bond acceptors (Lipinski definition) is 2. The third kappa shape index (κ3) is 3.27. The summed E-state index contributed by atoms with van der Waals surface area (Å²) in [6, 6.07) is 10.7. The molecule has 0 bridgehead atoms. The molecule has 0 N–H and O–H groups in total. The first-order chi connectivity index (χ1) is 5.47. The third-order valence-corrected chi connectivity index (χ3v) is 1.52. The van der Waals surface area contributed by atoms with Crippen LogP contribution < -0.4 is 12.4 Å². The Morgan fingerprint density at radius 1 is 1.38 bits per heavy atom. The van der Waals surface area contributed by atoms with E-state index in [0.717, 1.165) is 18.0 Å². The van der Waals surface area contributed by atoms with Gasteiger partial charge in [0.05, 0.1) is 6.54 Å². The standard InChI is InChI=1S/C9H8NO.ClH.Hg/c1-2-4-8(5-3-1)9-10-6-7-11-9;;/h1-4H,6-7H2;1H;/q;;+1/p-1. The van der Waals surface area contributed by atoms with Gasteiger partial charge in [0.1, 0.15) is 6.61 Å². The molecule has 0 aliphatic carbocycles. The molecule has 0 amide bonds. The van der Waals surface area contributed by atoms with Crippen molar-refractivity contribution >= 4 is 5.90 Å². The van der Waals surface area contributed by atoms with Crippen LogP contribution in [0.25, 0.3) is 0 Å². The molecular weight excluding hydrogens is 374 g/mol. The van der Waals surface area contributed by atoms with Gasteiger partial charge in [-0.15, -0.1) is 0 Å². The largest absolute Gasteiger partial charge is 1.00 e. The van der Waals surface area contributed by atoms with E-state index in [-0.39, 0.29) is 40.1 Å². The molecule has 1 aromatic carbocycles. The first-order valence-electron chi connectivity index (χ1n) is 3.61. The van der Waals surface area contributed by atoms with E-state index in [2.05, 4.69) is 11.1 Å². The Morgan fingerprint density at radius 3 is 2.77 bits per heavy atom. The Labute approximate surface area is 104 Å². The molecule has 0 spiro atoms. The van der Waals surface area contributed by atoms with Gasteiger partial charge in [-0.25, -0.2) is 4.99 Å². The Kier molecular flexibility index (Phi) is 6.34. The molecule has 1 heterocycles. The Morgan fingerprint density at radius 2 is 2.23 bits per heavy atom. The maximum Gasteiger partial charge on any atom is 1.00 e. The van der Waals surface area contributed by atoms with Crippen molar-refractivity contribution in [3.8, 4) is 0 Å². The summed E-state index contributed by atoms with van der Waals surface area (Å²) in [7, 11) is 0. The van der Waals surface area contributed by atoms with Crippen molar-refractivity contribution in [2.24, 2.45) is 4.99 Å². The average molecular weight is 382 g/mol. The second-order valence-electron chi connectivity index (χ2n) is 2.31. The predicted molar refractivity (Wildman–Crippen MR) is 42.6 cm³/mol. The van der Waals surface area contributed by atoms with Gasteiger partial charge in [-0.1, -0.05) is 18.2 Å². The zero-order chi connectivity index (χ0) is 7.52. The van der Waals surface area contributed by atoms with Crippen molar-refractivity contribution in [2.75, 3.05) is 13.2 Å². The molecule has 0 fully saturated rings. The first-order valence-corrected chi connectivity index (χ1v) is 3.61. The molecule has 64 valence electrons. The van der Waals surface area contributed by atoms with Crippen LogP contribution >= 0.6 is 0 Å². The molecule has 2 radical (unpaired) electrons. The topological polar surface area (TPSA) is 21.6 Å². The van der Waals surface area contributed by atoms with E-state index in [0.29, 0.717) is 6.61 Å². The minimum atomic E-state index is 0. The molecule has 0 aromatic heterocycles. The second-order valence-corrected chi connectivity index (χ2v) is 2.31. The number of benzene rings is 1. The van der Waals surface area contributed by atoms with E-state index in [9.17, 15) is 0 Å². The summed E-state index contributed by atoms with van der Waals surface area (Å²) in [6.07, 6.45) is 0. The molecule has 0 saturated heterocycles. The molecule has 2 nitrogen and oxygen atoms in total. The quantitative estimate of drug-likeness (QED) is 0.529. The van der Waals surface area contributed by atoms with E-state index in [1.165, 1.54) is 0 Å². The summed E-state index contributed by atoms with van der Waals surface area (Å²) in [5.41, 5.74) is 0.949. The Balaban J connectivity index is 0.000000720. The van der Waals surface area contributed by atoms with Crippen molar-refractivity contribution < 1.29 is 44.8 Å². The van der Waals surface area contributed by atoms with Gasteiger partial charge in [0.2, 0.25) is 5.90 Å². The summed E-state index contributed by atoms with van der Waals surface area (Å²) in [4.78, 5) is 4.17. The van der Waals surface area contributed by atoms with Crippen molar-refractivity contribution in [1.82, 2.24) is 0 Å². The summed E-state index contributed by atoms with van der Waals surface area (Å²) in [5.74, 6) is 0.727. The average Bonchev–Trinajstić information content (AvgIpc) is 2.58. The number of rotatable bonds is 1. The number of hydrogen-bond donors (Lipinski definition) is 0. The van der Waals surface area contributed by atoms with Crippen LogP contribution in [0.1, 0.15) is 5.56 Å². The van der Waals surface area contributed by atoms with Gasteiger partial charge >= 0.3 is 27.7 Å². The molecule has 1 aliphatic rings. The minimum Gasteiger partial charge on any atom is -1.00 e. The Bertz CT molecular complexity index is 276. The Hall–Kier alpha value is -0.0849. The fourth-order valence-corrected chi connectivity index (χ4v) is 1.02. The van der Waals surface area contributed by atoms with Crippen LogP contribution in [-0.2, 0) is 32.4 Å². The summed E-state index contributed by atoms with van der Waals surface area (Å²) in [6.45, 7) is 1.48. The van der Waals surface area contributed by atoms with E-state index in [4.69, 9.17) is 4.74 Å². The molecule has 0 saturated carbocycles. The van der Waals surface area contributed by atoms with Crippen molar-refractivity contribution in [3.63, 3.8) is 0 Å². The molecular formula is C9H8ClHgNO. The summed E-state index contributed by atoms with van der Waals surface area (Å²) in [5, 5.41) is 0. The maximum absolute atomic E-state index is 5.26. The van der Waals surface area contributed by atoms with Crippen LogP contribution in [0.4, 0.5) is 0 Å². The van der Waals surface area contributed by atoms with Gasteiger partial charge in [0, 0.05) is 5.56 Å². The van der Waals surface area contributed by atoms with Crippen LogP contribution in [-0.4, -0.2) is 19.0 Å². The van der Waals surface area contributed by atoms with E-state index in [1.807, 2.05) is 24.3 Å². The monoisotopic (exact) mass is 383 g/mol. The molecule has 1 aromatic rings. The maximum atomic E-state index is 5.26. The van der Waals surface area contributed by atoms with Gasteiger partial charge in [0.25, 0.3) is 0 Å². The molecule has 1 aliphatic heterocycles. The fraction of sp³-hybridized carbons (Fsp3) is 0.222. The second kappa shape index (κ2) is 6.38. The van der Waals surface area contributed by atoms with E-state index < -0.39 is 0 Å². The minimum absolute atomic E-state index is 0. The summed E-state index contributed by atoms with van der Waals surface area (Å²) < 4.78 is 5.26. The van der Waals surface area contributed by atoms with E-state index >= 15 is 0 Å². The van der Waals surface area contributed by atoms with Crippen molar-refractivity contribution in [1.29, 1.82) is 0 Å². The van der Waals surface area contributed by atoms with Gasteiger partial charge in [-0.3, -0.25) is 0 Å². The molecule has 4 heteroatoms. The molecule has 0 unspecified atom stereocenters. The zero-order valence-electron chi connectivity index (χ0n) is 7.16. The van der Waals surface area contributed by atoms with Gasteiger partial charge in [0.15, 0.2) is 0 Å². The zero-order valence-corrected chi connectivity index (χ0v) is 13.4. The smallest absolute Gasteiger partial charge is 1.00 e. The van der Waals surface area contributed by atoms with Crippen molar-refractivity contribution in [2.45, 2.75) is 0 Å². The SMILES string of the molecule is [Cl-].[Hg+].[c]1ccccc1C1=NCCO1. The predicted octanol–water partition coefficient (Wildman–Crippen LogP) is -1.73. The number of ether oxygens (including phenoxy) is 1. The number of aliphatic imine (C=N–C) groups is 1. The third-order valence-electron chi connectivity index (χ3n) is 1.52. The first kappa shape index (κ1) is 12.9. The number of halogens is 1. The fourth-order valence-electron chi connectivity index (χ4n) is 1.02. The summed E-state index contributed by atoms with van der Waals surface area (Å²) >= 11 is 0. The van der Waals surface area contributed by atoms with Crippen LogP contribution in [0.15, 0.2) is 29.3 Å². The van der Waals surface area contributed by atoms with Gasteiger partial charge in [-0.2, -0.15) is 0 Å².